The van der Waals surface area contributed by atoms with Crippen LogP contribution in [0.2, 0.25) is 5.02 Å². The van der Waals surface area contributed by atoms with Gasteiger partial charge in [0.25, 0.3) is 5.91 Å². The number of carbonyl (C=O) groups excluding carboxylic acids is 2. The fourth-order valence-corrected chi connectivity index (χ4v) is 5.40. The monoisotopic (exact) mass is 604 g/mol. The van der Waals surface area contributed by atoms with Gasteiger partial charge in [0, 0.05) is 40.5 Å². The SMILES string of the molecule is COc1ccc2c(c1)C(c1ccc(Cl)cc1)=N[C@@H](CC(=O)NCCCNC(=O)c1ccc(B(O)O)cc1)C1NNC(C)N21. The largest absolute Gasteiger partial charge is 0.497 e. The number of aliphatic imine (C=N–C) groups is 1. The Balaban J connectivity index is 1.26. The number of hydrogen-bond acceptors (Lipinski definition) is 9. The van der Waals surface area contributed by atoms with Gasteiger partial charge >= 0.3 is 7.12 Å². The Morgan fingerprint density at radius 3 is 2.44 bits per heavy atom. The summed E-state index contributed by atoms with van der Waals surface area (Å²) in [5.74, 6) is 0.269. The van der Waals surface area contributed by atoms with Crippen molar-refractivity contribution in [2.45, 2.75) is 38.1 Å². The number of methoxy groups -OCH3 is 1. The van der Waals surface area contributed by atoms with Crippen LogP contribution in [0.3, 0.4) is 0 Å². The lowest BCUT2D eigenvalue weighted by molar-refractivity contribution is -0.121. The summed E-state index contributed by atoms with van der Waals surface area (Å²) in [6, 6.07) is 19.0. The fourth-order valence-electron chi connectivity index (χ4n) is 5.27. The minimum Gasteiger partial charge on any atom is -0.497 e. The van der Waals surface area contributed by atoms with Gasteiger partial charge in [0.05, 0.1) is 31.4 Å². The van der Waals surface area contributed by atoms with Crippen molar-refractivity contribution in [3.63, 3.8) is 0 Å². The molecule has 2 aliphatic rings. The van der Waals surface area contributed by atoms with Gasteiger partial charge in [-0.05, 0) is 61.3 Å². The lowest BCUT2D eigenvalue weighted by Crippen LogP contribution is -2.47. The molecule has 1 fully saturated rings. The zero-order valence-electron chi connectivity index (χ0n) is 23.9. The van der Waals surface area contributed by atoms with E-state index in [4.69, 9.17) is 21.3 Å². The number of halogens is 1. The first-order valence-corrected chi connectivity index (χ1v) is 14.5. The molecule has 0 saturated carbocycles. The smallest absolute Gasteiger partial charge is 0.488 e. The summed E-state index contributed by atoms with van der Waals surface area (Å²) in [5.41, 5.74) is 10.8. The van der Waals surface area contributed by atoms with Gasteiger partial charge in [0.1, 0.15) is 11.9 Å². The lowest BCUT2D eigenvalue weighted by Gasteiger charge is -2.31. The van der Waals surface area contributed by atoms with Crippen molar-refractivity contribution in [2.24, 2.45) is 4.99 Å². The van der Waals surface area contributed by atoms with Gasteiger partial charge in [0.15, 0.2) is 0 Å². The highest BCUT2D eigenvalue weighted by Gasteiger charge is 2.40. The van der Waals surface area contributed by atoms with E-state index in [2.05, 4.69) is 26.4 Å². The molecule has 0 aliphatic carbocycles. The first-order valence-electron chi connectivity index (χ1n) is 14.1. The summed E-state index contributed by atoms with van der Waals surface area (Å²) >= 11 is 6.18. The van der Waals surface area contributed by atoms with Crippen LogP contribution in [0, 0.1) is 0 Å². The Labute approximate surface area is 255 Å². The quantitative estimate of drug-likeness (QED) is 0.149. The van der Waals surface area contributed by atoms with Crippen molar-refractivity contribution < 1.29 is 24.4 Å². The molecular formula is C30H34BClN6O5. The molecule has 224 valence electrons. The number of nitrogens with zero attached hydrogens (tertiary/aromatic N) is 2. The molecule has 3 aromatic rings. The Kier molecular flexibility index (Phi) is 9.64. The molecule has 11 nitrogen and oxygen atoms in total. The minimum absolute atomic E-state index is 0.0593. The molecule has 0 spiro atoms. The van der Waals surface area contributed by atoms with E-state index >= 15 is 0 Å². The minimum atomic E-state index is -1.58. The Morgan fingerprint density at radius 1 is 1.02 bits per heavy atom. The van der Waals surface area contributed by atoms with Crippen molar-refractivity contribution >= 4 is 47.4 Å². The number of amides is 2. The standard InChI is InChI=1S/C30H34BClN6O5/c1-18-36-37-29-25(17-27(39)33-14-3-15-34-30(40)20-4-8-21(9-5-20)31(41)42)35-28(19-6-10-22(32)11-7-19)24-16-23(43-2)12-13-26(24)38(18)29/h4-13,16,18,25,29,36-37,41-42H,3,14-15,17H2,1-2H3,(H,33,39)(H,34,40)/t18?,25-,29?/m0/s1. The number of ether oxygens (including phenoxy) is 1. The van der Waals surface area contributed by atoms with Crippen LogP contribution in [0.25, 0.3) is 0 Å². The topological polar surface area (TPSA) is 148 Å². The van der Waals surface area contributed by atoms with Crippen molar-refractivity contribution in [1.82, 2.24) is 21.5 Å². The van der Waals surface area contributed by atoms with Gasteiger partial charge in [-0.1, -0.05) is 35.9 Å². The van der Waals surface area contributed by atoms with E-state index in [0.29, 0.717) is 41.3 Å². The number of nitrogens with one attached hydrogen (secondary N) is 4. The normalized spacial score (nSPS) is 19.0. The predicted octanol–water partition coefficient (Wildman–Crippen LogP) is 1.16. The molecule has 2 amide bonds. The molecule has 3 atom stereocenters. The van der Waals surface area contributed by atoms with E-state index in [0.717, 1.165) is 22.5 Å². The van der Waals surface area contributed by atoms with Crippen molar-refractivity contribution in [2.75, 3.05) is 25.1 Å². The summed E-state index contributed by atoms with van der Waals surface area (Å²) in [5, 5.41) is 24.8. The van der Waals surface area contributed by atoms with Crippen LogP contribution in [0.1, 0.15) is 41.3 Å². The summed E-state index contributed by atoms with van der Waals surface area (Å²) in [6.07, 6.45) is 0.332. The van der Waals surface area contributed by atoms with Crippen LogP contribution in [0.5, 0.6) is 5.75 Å². The maximum Gasteiger partial charge on any atom is 0.488 e. The molecule has 43 heavy (non-hydrogen) atoms. The van der Waals surface area contributed by atoms with Crippen LogP contribution < -0.4 is 36.6 Å². The van der Waals surface area contributed by atoms with Crippen molar-refractivity contribution in [3.8, 4) is 5.75 Å². The average Bonchev–Trinajstić information content (AvgIpc) is 3.33. The van der Waals surface area contributed by atoms with Gasteiger partial charge in [-0.25, -0.2) is 10.9 Å². The Morgan fingerprint density at radius 2 is 1.74 bits per heavy atom. The van der Waals surface area contributed by atoms with Crippen LogP contribution in [0.15, 0.2) is 71.7 Å². The number of hydrogen-bond donors (Lipinski definition) is 6. The van der Waals surface area contributed by atoms with E-state index in [1.165, 1.54) is 24.3 Å². The molecule has 5 rings (SSSR count). The summed E-state index contributed by atoms with van der Waals surface area (Å²) in [6.45, 7) is 2.79. The highest BCUT2D eigenvalue weighted by Crippen LogP contribution is 2.36. The van der Waals surface area contributed by atoms with Gasteiger partial charge in [0.2, 0.25) is 5.91 Å². The third kappa shape index (κ3) is 7.01. The molecule has 1 saturated heterocycles. The average molecular weight is 605 g/mol. The van der Waals surface area contributed by atoms with E-state index in [-0.39, 0.29) is 30.6 Å². The number of fused-ring (bicyclic) bond motifs is 3. The molecule has 3 aromatic carbocycles. The van der Waals surface area contributed by atoms with Gasteiger partial charge in [-0.15, -0.1) is 0 Å². The second-order valence-electron chi connectivity index (χ2n) is 10.4. The number of benzene rings is 3. The molecule has 2 heterocycles. The number of hydrazine groups is 1. The summed E-state index contributed by atoms with van der Waals surface area (Å²) in [7, 11) is 0.0430. The molecule has 0 bridgehead atoms. The molecule has 0 aromatic heterocycles. The van der Waals surface area contributed by atoms with E-state index < -0.39 is 13.2 Å². The van der Waals surface area contributed by atoms with E-state index in [1.807, 2.05) is 49.4 Å². The second-order valence-corrected chi connectivity index (χ2v) is 10.8. The van der Waals surface area contributed by atoms with Crippen molar-refractivity contribution in [3.05, 3.63) is 88.4 Å². The van der Waals surface area contributed by atoms with Crippen molar-refractivity contribution in [1.29, 1.82) is 0 Å². The van der Waals surface area contributed by atoms with Crippen LogP contribution >= 0.6 is 11.6 Å². The molecular weight excluding hydrogens is 571 g/mol. The number of anilines is 1. The van der Waals surface area contributed by atoms with E-state index in [1.54, 1.807) is 7.11 Å². The Bertz CT molecular complexity index is 1490. The fraction of sp³-hybridized carbons (Fsp3) is 0.300. The first kappa shape index (κ1) is 30.5. The zero-order chi connectivity index (χ0) is 30.5. The van der Waals surface area contributed by atoms with Crippen LogP contribution in [0.4, 0.5) is 5.69 Å². The zero-order valence-corrected chi connectivity index (χ0v) is 24.6. The molecule has 13 heteroatoms. The third-order valence-electron chi connectivity index (χ3n) is 7.50. The van der Waals surface area contributed by atoms with E-state index in [9.17, 15) is 19.6 Å². The maximum atomic E-state index is 13.1. The first-order chi connectivity index (χ1) is 20.7. The van der Waals surface area contributed by atoms with Gasteiger partial charge < -0.3 is 30.3 Å². The van der Waals surface area contributed by atoms with Gasteiger partial charge in [-0.3, -0.25) is 14.6 Å². The van der Waals surface area contributed by atoms with Gasteiger partial charge in [-0.2, -0.15) is 0 Å². The molecule has 6 N–H and O–H groups in total. The lowest BCUT2D eigenvalue weighted by atomic mass is 9.80. The molecule has 2 aliphatic heterocycles. The summed E-state index contributed by atoms with van der Waals surface area (Å²) < 4.78 is 5.54. The summed E-state index contributed by atoms with van der Waals surface area (Å²) in [4.78, 5) is 32.9. The van der Waals surface area contributed by atoms with Crippen LogP contribution in [-0.4, -0.2) is 73.3 Å². The highest BCUT2D eigenvalue weighted by molar-refractivity contribution is 6.58. The predicted molar refractivity (Wildman–Crippen MR) is 167 cm³/mol. The molecule has 0 radical (unpaired) electrons. The van der Waals surface area contributed by atoms with Crippen LogP contribution in [-0.2, 0) is 4.79 Å². The second kappa shape index (κ2) is 13.6. The molecule has 2 unspecified atom stereocenters. The third-order valence-corrected chi connectivity index (χ3v) is 7.75. The highest BCUT2D eigenvalue weighted by atomic mass is 35.5. The Hall–Kier alpha value is -3.94. The maximum absolute atomic E-state index is 13.1. The number of carbonyl (C=O) groups is 2. The number of rotatable bonds is 10.